The third kappa shape index (κ3) is 2.28. The van der Waals surface area contributed by atoms with Crippen molar-refractivity contribution in [1.29, 1.82) is 0 Å². The standard InChI is InChI=1S/C12H9FO2S/c13-9-1-5-11(6-2-9)16(15)12-7-3-10(14)4-8-12/h1-8,14H. The van der Waals surface area contributed by atoms with Crippen molar-refractivity contribution in [3.05, 3.63) is 54.3 Å². The molecule has 2 rings (SSSR count). The number of aromatic hydroxyl groups is 1. The van der Waals surface area contributed by atoms with Crippen LogP contribution >= 0.6 is 0 Å². The van der Waals surface area contributed by atoms with Crippen molar-refractivity contribution in [2.45, 2.75) is 9.79 Å². The van der Waals surface area contributed by atoms with Crippen LogP contribution < -0.4 is 0 Å². The van der Waals surface area contributed by atoms with Gasteiger partial charge in [0.15, 0.2) is 0 Å². The van der Waals surface area contributed by atoms with Gasteiger partial charge in [0.25, 0.3) is 0 Å². The first-order valence-corrected chi connectivity index (χ1v) is 5.78. The molecular weight excluding hydrogens is 227 g/mol. The van der Waals surface area contributed by atoms with E-state index in [1.807, 2.05) is 0 Å². The number of phenolic OH excluding ortho intramolecular Hbond substituents is 1. The molecule has 2 aromatic rings. The smallest absolute Gasteiger partial charge is 0.123 e. The molecule has 0 fully saturated rings. The molecule has 0 heterocycles. The summed E-state index contributed by atoms with van der Waals surface area (Å²) in [5, 5.41) is 9.10. The van der Waals surface area contributed by atoms with Gasteiger partial charge in [0.1, 0.15) is 11.6 Å². The van der Waals surface area contributed by atoms with Crippen molar-refractivity contribution in [2.75, 3.05) is 0 Å². The van der Waals surface area contributed by atoms with Gasteiger partial charge in [-0.2, -0.15) is 0 Å². The predicted octanol–water partition coefficient (Wildman–Crippen LogP) is 2.70. The Morgan fingerprint density at radius 2 is 1.31 bits per heavy atom. The molecule has 2 aromatic carbocycles. The van der Waals surface area contributed by atoms with E-state index in [-0.39, 0.29) is 11.6 Å². The summed E-state index contributed by atoms with van der Waals surface area (Å²) in [6.07, 6.45) is 0. The fraction of sp³-hybridized carbons (Fsp3) is 0. The molecule has 0 saturated heterocycles. The summed E-state index contributed by atoms with van der Waals surface area (Å²) >= 11 is 0. The van der Waals surface area contributed by atoms with Gasteiger partial charge >= 0.3 is 0 Å². The van der Waals surface area contributed by atoms with Gasteiger partial charge in [-0.3, -0.25) is 0 Å². The molecule has 0 saturated carbocycles. The van der Waals surface area contributed by atoms with Crippen molar-refractivity contribution in [3.63, 3.8) is 0 Å². The summed E-state index contributed by atoms with van der Waals surface area (Å²) in [7, 11) is -1.34. The topological polar surface area (TPSA) is 37.3 Å². The largest absolute Gasteiger partial charge is 0.508 e. The van der Waals surface area contributed by atoms with Crippen LogP contribution in [0.15, 0.2) is 58.3 Å². The van der Waals surface area contributed by atoms with E-state index in [1.165, 1.54) is 36.4 Å². The van der Waals surface area contributed by atoms with Crippen LogP contribution in [0.1, 0.15) is 0 Å². The Morgan fingerprint density at radius 3 is 1.81 bits per heavy atom. The molecule has 0 radical (unpaired) electrons. The Balaban J connectivity index is 2.32. The third-order valence-electron chi connectivity index (χ3n) is 2.08. The third-order valence-corrected chi connectivity index (χ3v) is 3.48. The highest BCUT2D eigenvalue weighted by atomic mass is 32.2. The monoisotopic (exact) mass is 236 g/mol. The first-order valence-electron chi connectivity index (χ1n) is 4.63. The van der Waals surface area contributed by atoms with Crippen LogP contribution in [0.5, 0.6) is 5.75 Å². The van der Waals surface area contributed by atoms with Gasteiger partial charge in [0.2, 0.25) is 0 Å². The summed E-state index contributed by atoms with van der Waals surface area (Å²) in [6.45, 7) is 0. The number of rotatable bonds is 2. The second kappa shape index (κ2) is 4.45. The first-order chi connectivity index (χ1) is 7.66. The van der Waals surface area contributed by atoms with Gasteiger partial charge in [-0.05, 0) is 48.5 Å². The lowest BCUT2D eigenvalue weighted by Crippen LogP contribution is -1.92. The molecule has 1 atom stereocenters. The van der Waals surface area contributed by atoms with Crippen molar-refractivity contribution in [1.82, 2.24) is 0 Å². The molecule has 1 N–H and O–H groups in total. The molecular formula is C12H9FO2S. The lowest BCUT2D eigenvalue weighted by atomic mass is 10.3. The molecule has 0 bridgehead atoms. The minimum Gasteiger partial charge on any atom is -0.508 e. The lowest BCUT2D eigenvalue weighted by molar-refractivity contribution is 0.475. The predicted molar refractivity (Wildman–Crippen MR) is 59.2 cm³/mol. The summed E-state index contributed by atoms with van der Waals surface area (Å²) in [4.78, 5) is 1.11. The quantitative estimate of drug-likeness (QED) is 0.870. The molecule has 2 nitrogen and oxygen atoms in total. The van der Waals surface area contributed by atoms with E-state index in [4.69, 9.17) is 5.11 Å². The molecule has 4 heteroatoms. The van der Waals surface area contributed by atoms with Crippen LogP contribution in [0.4, 0.5) is 4.39 Å². The van der Waals surface area contributed by atoms with Crippen LogP contribution in [0.2, 0.25) is 0 Å². The molecule has 0 aliphatic heterocycles. The van der Waals surface area contributed by atoms with E-state index >= 15 is 0 Å². The van der Waals surface area contributed by atoms with Crippen LogP contribution in [-0.2, 0) is 10.8 Å². The molecule has 0 aliphatic carbocycles. The average molecular weight is 236 g/mol. The van der Waals surface area contributed by atoms with E-state index in [0.29, 0.717) is 9.79 Å². The number of benzene rings is 2. The highest BCUT2D eigenvalue weighted by Crippen LogP contribution is 2.19. The minimum atomic E-state index is -1.34. The summed E-state index contributed by atoms with van der Waals surface area (Å²) in [6, 6.07) is 11.6. The summed E-state index contributed by atoms with van der Waals surface area (Å²) in [5.41, 5.74) is 0. The second-order valence-corrected chi connectivity index (χ2v) is 4.70. The number of phenols is 1. The first kappa shape index (κ1) is 10.8. The molecule has 0 amide bonds. The Bertz CT molecular complexity index is 458. The van der Waals surface area contributed by atoms with E-state index in [1.54, 1.807) is 12.1 Å². The average Bonchev–Trinajstić information content (AvgIpc) is 2.30. The normalized spacial score (nSPS) is 12.3. The number of hydrogen-bond acceptors (Lipinski definition) is 2. The maximum absolute atomic E-state index is 12.7. The highest BCUT2D eigenvalue weighted by Gasteiger charge is 2.06. The van der Waals surface area contributed by atoms with Gasteiger partial charge in [0.05, 0.1) is 10.8 Å². The second-order valence-electron chi connectivity index (χ2n) is 3.22. The number of halogens is 1. The molecule has 0 aromatic heterocycles. The molecule has 0 aliphatic rings. The zero-order valence-electron chi connectivity index (χ0n) is 8.26. The van der Waals surface area contributed by atoms with E-state index < -0.39 is 10.8 Å². The SMILES string of the molecule is O=S(c1ccc(O)cc1)c1ccc(F)cc1. The van der Waals surface area contributed by atoms with Crippen molar-refractivity contribution >= 4 is 10.8 Å². The maximum Gasteiger partial charge on any atom is 0.123 e. The van der Waals surface area contributed by atoms with Crippen molar-refractivity contribution in [2.24, 2.45) is 0 Å². The fourth-order valence-corrected chi connectivity index (χ4v) is 2.30. The molecule has 0 spiro atoms. The zero-order chi connectivity index (χ0) is 11.5. The van der Waals surface area contributed by atoms with Crippen LogP contribution in [0.25, 0.3) is 0 Å². The Morgan fingerprint density at radius 1 is 0.875 bits per heavy atom. The molecule has 82 valence electrons. The van der Waals surface area contributed by atoms with Crippen molar-refractivity contribution in [3.8, 4) is 5.75 Å². The zero-order valence-corrected chi connectivity index (χ0v) is 9.08. The van der Waals surface area contributed by atoms with Crippen molar-refractivity contribution < 1.29 is 13.7 Å². The van der Waals surface area contributed by atoms with E-state index in [9.17, 15) is 8.60 Å². The molecule has 16 heavy (non-hydrogen) atoms. The van der Waals surface area contributed by atoms with Gasteiger partial charge in [0, 0.05) is 9.79 Å². The maximum atomic E-state index is 12.7. The van der Waals surface area contributed by atoms with Gasteiger partial charge in [-0.15, -0.1) is 0 Å². The summed E-state index contributed by atoms with van der Waals surface area (Å²) in [5.74, 6) is -0.230. The van der Waals surface area contributed by atoms with Crippen LogP contribution in [-0.4, -0.2) is 9.32 Å². The Labute approximate surface area is 94.8 Å². The van der Waals surface area contributed by atoms with E-state index in [2.05, 4.69) is 0 Å². The Kier molecular flexibility index (Phi) is 3.01. The Hall–Kier alpha value is -1.68. The van der Waals surface area contributed by atoms with Gasteiger partial charge < -0.3 is 5.11 Å². The van der Waals surface area contributed by atoms with E-state index in [0.717, 1.165) is 0 Å². The molecule has 1 unspecified atom stereocenters. The summed E-state index contributed by atoms with van der Waals surface area (Å²) < 4.78 is 24.6. The van der Waals surface area contributed by atoms with Gasteiger partial charge in [-0.25, -0.2) is 8.60 Å². The van der Waals surface area contributed by atoms with Crippen LogP contribution in [0.3, 0.4) is 0 Å². The van der Waals surface area contributed by atoms with Crippen LogP contribution in [0, 0.1) is 5.82 Å². The lowest BCUT2D eigenvalue weighted by Gasteiger charge is -2.02. The van der Waals surface area contributed by atoms with Gasteiger partial charge in [-0.1, -0.05) is 0 Å². The number of hydrogen-bond donors (Lipinski definition) is 1. The highest BCUT2D eigenvalue weighted by molar-refractivity contribution is 7.85. The fourth-order valence-electron chi connectivity index (χ4n) is 1.26. The minimum absolute atomic E-state index is 0.125.